The van der Waals surface area contributed by atoms with Crippen LogP contribution in [0, 0.1) is 17.8 Å². The number of aliphatic hydroxyl groups excluding tert-OH is 2. The molecule has 0 amide bonds. The summed E-state index contributed by atoms with van der Waals surface area (Å²) in [5, 5.41) is 22.6. The van der Waals surface area contributed by atoms with Crippen LogP contribution in [0.25, 0.3) is 0 Å². The van der Waals surface area contributed by atoms with Gasteiger partial charge in [0.05, 0.1) is 12.1 Å². The van der Waals surface area contributed by atoms with Crippen LogP contribution in [0.4, 0.5) is 5.69 Å². The standard InChI is InChI=1S/C20H26N2O2/c1-3-10-11-8-14-17-20(12-6-4-5-7-13(12)21(17)2)9-15(16(11)18(20)23)22(14)19(10)24/h4-7,10-11,14-19,23-24H,3,8-9H2,1-2H3/t10-,11+,14+,15+,16?,17+,18?,19+,20-/m1/s1. The first-order chi connectivity index (χ1) is 11.6. The van der Waals surface area contributed by atoms with E-state index in [-0.39, 0.29) is 17.7 Å². The molecule has 1 spiro atoms. The summed E-state index contributed by atoms with van der Waals surface area (Å²) >= 11 is 0. The van der Waals surface area contributed by atoms with Crippen LogP contribution in [0.15, 0.2) is 24.3 Å². The van der Waals surface area contributed by atoms with E-state index < -0.39 is 0 Å². The number of rotatable bonds is 1. The maximum atomic E-state index is 11.6. The van der Waals surface area contributed by atoms with Crippen LogP contribution in [-0.2, 0) is 5.41 Å². The minimum absolute atomic E-state index is 0.126. The quantitative estimate of drug-likeness (QED) is 0.822. The summed E-state index contributed by atoms with van der Waals surface area (Å²) in [5.41, 5.74) is 2.51. The van der Waals surface area contributed by atoms with Crippen molar-refractivity contribution in [3.05, 3.63) is 29.8 Å². The maximum Gasteiger partial charge on any atom is 0.111 e. The van der Waals surface area contributed by atoms with E-state index in [2.05, 4.69) is 48.0 Å². The Balaban J connectivity index is 1.60. The topological polar surface area (TPSA) is 46.9 Å². The van der Waals surface area contributed by atoms with Gasteiger partial charge in [-0.15, -0.1) is 0 Å². The lowest BCUT2D eigenvalue weighted by atomic mass is 9.62. The van der Waals surface area contributed by atoms with E-state index in [0.29, 0.717) is 35.9 Å². The van der Waals surface area contributed by atoms with Gasteiger partial charge in [-0.05, 0) is 36.8 Å². The molecule has 4 saturated heterocycles. The fourth-order valence-electron chi connectivity index (χ4n) is 7.88. The second-order valence-corrected chi connectivity index (χ2v) is 8.81. The van der Waals surface area contributed by atoms with Crippen molar-refractivity contribution in [2.75, 3.05) is 11.9 Å². The number of aliphatic hydroxyl groups is 2. The second kappa shape index (κ2) is 4.17. The zero-order valence-electron chi connectivity index (χ0n) is 14.3. The van der Waals surface area contributed by atoms with Gasteiger partial charge in [-0.1, -0.05) is 25.1 Å². The Hall–Kier alpha value is -1.10. The number of nitrogens with zero attached hydrogens (tertiary/aromatic N) is 2. The summed E-state index contributed by atoms with van der Waals surface area (Å²) in [5.74, 6) is 1.14. The van der Waals surface area contributed by atoms with Crippen LogP contribution in [0.5, 0.6) is 0 Å². The molecular formula is C20H26N2O2. The molecule has 1 aromatic carbocycles. The number of para-hydroxylation sites is 1. The van der Waals surface area contributed by atoms with Crippen molar-refractivity contribution < 1.29 is 10.2 Å². The molecule has 1 aliphatic carbocycles. The molecule has 128 valence electrons. The van der Waals surface area contributed by atoms with Gasteiger partial charge in [-0.3, -0.25) is 4.90 Å². The highest BCUT2D eigenvalue weighted by Crippen LogP contribution is 2.68. The van der Waals surface area contributed by atoms with Crippen LogP contribution in [0.2, 0.25) is 0 Å². The number of anilines is 1. The molecule has 5 heterocycles. The van der Waals surface area contributed by atoms with E-state index in [1.54, 1.807) is 0 Å². The number of piperidine rings is 4. The average Bonchev–Trinajstić information content (AvgIpc) is 2.97. The van der Waals surface area contributed by atoms with Crippen LogP contribution in [-0.4, -0.2) is 52.6 Å². The van der Waals surface area contributed by atoms with E-state index >= 15 is 0 Å². The summed E-state index contributed by atoms with van der Waals surface area (Å²) in [6, 6.07) is 9.70. The lowest BCUT2D eigenvalue weighted by Gasteiger charge is -2.62. The number of hydrogen-bond acceptors (Lipinski definition) is 4. The molecule has 1 aromatic rings. The van der Waals surface area contributed by atoms with Gasteiger partial charge in [0.1, 0.15) is 6.23 Å². The molecule has 0 radical (unpaired) electrons. The van der Waals surface area contributed by atoms with E-state index in [1.807, 2.05) is 0 Å². The minimum atomic E-state index is -0.319. The highest BCUT2D eigenvalue weighted by molar-refractivity contribution is 5.67. The first-order valence-electron chi connectivity index (χ1n) is 9.57. The van der Waals surface area contributed by atoms with E-state index in [4.69, 9.17) is 0 Å². The fraction of sp³-hybridized carbons (Fsp3) is 0.700. The van der Waals surface area contributed by atoms with Crippen molar-refractivity contribution in [1.29, 1.82) is 0 Å². The smallest absolute Gasteiger partial charge is 0.111 e. The van der Waals surface area contributed by atoms with Crippen LogP contribution < -0.4 is 4.90 Å². The van der Waals surface area contributed by atoms with Gasteiger partial charge < -0.3 is 15.1 Å². The molecule has 5 fully saturated rings. The van der Waals surface area contributed by atoms with Gasteiger partial charge >= 0.3 is 0 Å². The second-order valence-electron chi connectivity index (χ2n) is 8.81. The van der Waals surface area contributed by atoms with Crippen LogP contribution in [0.1, 0.15) is 31.7 Å². The van der Waals surface area contributed by atoms with Crippen molar-refractivity contribution in [3.63, 3.8) is 0 Å². The average molecular weight is 326 g/mol. The molecular weight excluding hydrogens is 300 g/mol. The third-order valence-corrected chi connectivity index (χ3v) is 8.46. The molecule has 2 N–H and O–H groups in total. The van der Waals surface area contributed by atoms with Gasteiger partial charge in [0.2, 0.25) is 0 Å². The molecule has 7 rings (SSSR count). The monoisotopic (exact) mass is 326 g/mol. The summed E-state index contributed by atoms with van der Waals surface area (Å²) < 4.78 is 0. The van der Waals surface area contributed by atoms with Gasteiger partial charge in [0, 0.05) is 42.1 Å². The lowest BCUT2D eigenvalue weighted by molar-refractivity contribution is -0.211. The van der Waals surface area contributed by atoms with Gasteiger partial charge in [-0.2, -0.15) is 0 Å². The predicted octanol–water partition coefficient (Wildman–Crippen LogP) is 1.55. The van der Waals surface area contributed by atoms with E-state index in [9.17, 15) is 10.2 Å². The number of likely N-dealkylation sites (N-methyl/N-ethyl adjacent to an activating group) is 1. The zero-order valence-corrected chi connectivity index (χ0v) is 14.3. The normalized spacial score (nSPS) is 55.8. The van der Waals surface area contributed by atoms with Gasteiger partial charge in [0.25, 0.3) is 0 Å². The number of fused-ring (bicyclic) bond motifs is 2. The predicted molar refractivity (Wildman–Crippen MR) is 91.7 cm³/mol. The fourth-order valence-corrected chi connectivity index (χ4v) is 7.88. The molecule has 6 aliphatic rings. The van der Waals surface area contributed by atoms with E-state index in [0.717, 1.165) is 19.3 Å². The Morgan fingerprint density at radius 3 is 2.79 bits per heavy atom. The summed E-state index contributed by atoms with van der Waals surface area (Å²) in [6.07, 6.45) is 2.56. The molecule has 1 saturated carbocycles. The largest absolute Gasteiger partial charge is 0.392 e. The molecule has 5 bridgehead atoms. The summed E-state index contributed by atoms with van der Waals surface area (Å²) in [4.78, 5) is 4.83. The van der Waals surface area contributed by atoms with Gasteiger partial charge in [-0.25, -0.2) is 0 Å². The minimum Gasteiger partial charge on any atom is -0.392 e. The van der Waals surface area contributed by atoms with Crippen molar-refractivity contribution in [2.24, 2.45) is 17.8 Å². The van der Waals surface area contributed by atoms with Crippen LogP contribution >= 0.6 is 0 Å². The molecule has 24 heavy (non-hydrogen) atoms. The van der Waals surface area contributed by atoms with Crippen LogP contribution in [0.3, 0.4) is 0 Å². The number of hydrogen-bond donors (Lipinski definition) is 2. The first-order valence-corrected chi connectivity index (χ1v) is 9.57. The van der Waals surface area contributed by atoms with Crippen molar-refractivity contribution >= 4 is 5.69 Å². The van der Waals surface area contributed by atoms with Crippen molar-refractivity contribution in [3.8, 4) is 0 Å². The highest BCUT2D eigenvalue weighted by Gasteiger charge is 2.76. The number of benzene rings is 1. The Morgan fingerprint density at radius 1 is 1.21 bits per heavy atom. The molecule has 10 atom stereocenters. The lowest BCUT2D eigenvalue weighted by Crippen LogP contribution is -2.72. The summed E-state index contributed by atoms with van der Waals surface area (Å²) in [6.45, 7) is 2.19. The molecule has 4 heteroatoms. The third kappa shape index (κ3) is 1.20. The summed E-state index contributed by atoms with van der Waals surface area (Å²) in [7, 11) is 2.19. The highest BCUT2D eigenvalue weighted by atomic mass is 16.3. The third-order valence-electron chi connectivity index (χ3n) is 8.46. The molecule has 5 aliphatic heterocycles. The van der Waals surface area contributed by atoms with Gasteiger partial charge in [0.15, 0.2) is 0 Å². The Kier molecular flexibility index (Phi) is 2.45. The maximum absolute atomic E-state index is 11.6. The Labute approximate surface area is 143 Å². The molecule has 4 nitrogen and oxygen atoms in total. The first kappa shape index (κ1) is 14.1. The molecule has 3 unspecified atom stereocenters. The SMILES string of the molecule is CC[C@@H]1[C@@H]2C[C@H]3[C@@H]4N(C)c5ccccc5[C@]45C[C@@H](C2C5O)N3[C@H]1O. The Morgan fingerprint density at radius 2 is 2.00 bits per heavy atom. The zero-order chi connectivity index (χ0) is 16.4. The van der Waals surface area contributed by atoms with Crippen molar-refractivity contribution in [1.82, 2.24) is 4.90 Å². The van der Waals surface area contributed by atoms with E-state index in [1.165, 1.54) is 11.3 Å². The van der Waals surface area contributed by atoms with Crippen molar-refractivity contribution in [2.45, 2.75) is 62.1 Å². The molecule has 0 aromatic heterocycles. The Bertz CT molecular complexity index is 723.